The van der Waals surface area contributed by atoms with Gasteiger partial charge in [0.25, 0.3) is 5.69 Å². The van der Waals surface area contributed by atoms with Crippen LogP contribution >= 0.6 is 11.6 Å². The minimum absolute atomic E-state index is 0.0658. The van der Waals surface area contributed by atoms with Crippen molar-refractivity contribution in [3.63, 3.8) is 0 Å². The van der Waals surface area contributed by atoms with E-state index in [2.05, 4.69) is 0 Å². The van der Waals surface area contributed by atoms with E-state index in [9.17, 15) is 19.7 Å². The topological polar surface area (TPSA) is 95.7 Å². The van der Waals surface area contributed by atoms with E-state index in [0.29, 0.717) is 5.56 Å². The van der Waals surface area contributed by atoms with Crippen molar-refractivity contribution in [3.8, 4) is 5.75 Å². The number of nitro groups is 1. The van der Waals surface area contributed by atoms with E-state index in [-0.39, 0.29) is 29.5 Å². The summed E-state index contributed by atoms with van der Waals surface area (Å²) in [5.74, 6) is -1.26. The molecule has 0 amide bonds. The van der Waals surface area contributed by atoms with Crippen molar-refractivity contribution in [2.75, 3.05) is 6.61 Å². The lowest BCUT2D eigenvalue weighted by Crippen LogP contribution is -2.15. The third-order valence-electron chi connectivity index (χ3n) is 4.39. The van der Waals surface area contributed by atoms with Crippen LogP contribution < -0.4 is 4.74 Å². The zero-order valence-corrected chi connectivity index (χ0v) is 15.6. The smallest absolute Gasteiger partial charge is 0.328 e. The first-order valence-corrected chi connectivity index (χ1v) is 9.10. The number of ether oxygens (including phenoxy) is 2. The summed E-state index contributed by atoms with van der Waals surface area (Å²) < 4.78 is 10.1. The number of nitro benzene ring substituents is 1. The predicted molar refractivity (Wildman–Crippen MR) is 95.5 cm³/mol. The lowest BCUT2D eigenvalue weighted by molar-refractivity contribution is -0.385. The quantitative estimate of drug-likeness (QED) is 0.237. The molecule has 1 saturated carbocycles. The standard InChI is InChI=1S/C18H22ClNO6/c1-3-25-18(22)17(19)13-9-14(20(23)24)16(12-7-5-4-6-8-12)15(10-13)26-11(2)21/h9-10,12,17H,3-8H2,1-2H3. The number of hydrogen-bond acceptors (Lipinski definition) is 6. The first-order chi connectivity index (χ1) is 12.3. The van der Waals surface area contributed by atoms with Gasteiger partial charge in [-0.15, -0.1) is 11.6 Å². The summed E-state index contributed by atoms with van der Waals surface area (Å²) >= 11 is 6.12. The minimum atomic E-state index is -1.22. The zero-order valence-electron chi connectivity index (χ0n) is 14.8. The van der Waals surface area contributed by atoms with Gasteiger partial charge in [0.15, 0.2) is 5.38 Å². The molecule has 0 heterocycles. The maximum absolute atomic E-state index is 11.9. The molecule has 142 valence electrons. The molecule has 1 fully saturated rings. The molecule has 0 bridgehead atoms. The van der Waals surface area contributed by atoms with Gasteiger partial charge in [-0.2, -0.15) is 0 Å². The second-order valence-corrected chi connectivity index (χ2v) is 6.69. The van der Waals surface area contributed by atoms with Gasteiger partial charge in [-0.25, -0.2) is 0 Å². The Balaban J connectivity index is 2.56. The Labute approximate surface area is 156 Å². The number of esters is 2. The van der Waals surface area contributed by atoms with E-state index in [0.717, 1.165) is 32.1 Å². The van der Waals surface area contributed by atoms with Gasteiger partial charge in [-0.3, -0.25) is 19.7 Å². The number of benzene rings is 1. The minimum Gasteiger partial charge on any atom is -0.465 e. The number of alkyl halides is 1. The number of rotatable bonds is 6. The molecule has 1 aromatic carbocycles. The van der Waals surface area contributed by atoms with Crippen LogP contribution in [0, 0.1) is 10.1 Å². The Morgan fingerprint density at radius 3 is 2.50 bits per heavy atom. The van der Waals surface area contributed by atoms with Crippen LogP contribution in [-0.2, 0) is 14.3 Å². The molecule has 0 spiro atoms. The number of nitrogens with zero attached hydrogens (tertiary/aromatic N) is 1. The van der Waals surface area contributed by atoms with Crippen molar-refractivity contribution in [2.24, 2.45) is 0 Å². The molecule has 1 aliphatic carbocycles. The lowest BCUT2D eigenvalue weighted by Gasteiger charge is -2.24. The first kappa shape index (κ1) is 20.2. The molecule has 0 aromatic heterocycles. The number of hydrogen-bond donors (Lipinski definition) is 0. The molecule has 0 radical (unpaired) electrons. The van der Waals surface area contributed by atoms with Crippen LogP contribution in [0.15, 0.2) is 12.1 Å². The average molecular weight is 384 g/mol. The summed E-state index contributed by atoms with van der Waals surface area (Å²) in [4.78, 5) is 34.6. The Morgan fingerprint density at radius 1 is 1.31 bits per heavy atom. The molecule has 0 N–H and O–H groups in total. The van der Waals surface area contributed by atoms with E-state index in [1.54, 1.807) is 6.92 Å². The lowest BCUT2D eigenvalue weighted by atomic mass is 9.82. The third-order valence-corrected chi connectivity index (χ3v) is 4.82. The highest BCUT2D eigenvalue weighted by Gasteiger charge is 2.32. The Kier molecular flexibility index (Phi) is 6.97. The summed E-state index contributed by atoms with van der Waals surface area (Å²) in [5.41, 5.74) is 0.398. The summed E-state index contributed by atoms with van der Waals surface area (Å²) in [6, 6.07) is 2.72. The highest BCUT2D eigenvalue weighted by molar-refractivity contribution is 6.30. The average Bonchev–Trinajstić information content (AvgIpc) is 2.60. The van der Waals surface area contributed by atoms with E-state index in [1.165, 1.54) is 19.1 Å². The normalized spacial score (nSPS) is 16.0. The molecule has 26 heavy (non-hydrogen) atoms. The Morgan fingerprint density at radius 2 is 1.96 bits per heavy atom. The van der Waals surface area contributed by atoms with Gasteiger partial charge in [0.2, 0.25) is 0 Å². The highest BCUT2D eigenvalue weighted by atomic mass is 35.5. The number of carbonyl (C=O) groups is 2. The summed E-state index contributed by atoms with van der Waals surface area (Å²) in [5, 5.41) is 10.5. The van der Waals surface area contributed by atoms with Crippen molar-refractivity contribution in [2.45, 2.75) is 57.2 Å². The maximum Gasteiger partial charge on any atom is 0.328 e. The maximum atomic E-state index is 11.9. The van der Waals surface area contributed by atoms with Gasteiger partial charge in [0, 0.05) is 13.0 Å². The monoisotopic (exact) mass is 383 g/mol. The van der Waals surface area contributed by atoms with Crippen molar-refractivity contribution < 1.29 is 24.0 Å². The molecule has 8 heteroatoms. The second kappa shape index (κ2) is 8.98. The fourth-order valence-electron chi connectivity index (χ4n) is 3.32. The van der Waals surface area contributed by atoms with Crippen LogP contribution in [0.25, 0.3) is 0 Å². The van der Waals surface area contributed by atoms with Gasteiger partial charge < -0.3 is 9.47 Å². The van der Waals surface area contributed by atoms with Crippen molar-refractivity contribution in [1.29, 1.82) is 0 Å². The fourth-order valence-corrected chi connectivity index (χ4v) is 3.51. The van der Waals surface area contributed by atoms with Crippen LogP contribution in [0.5, 0.6) is 5.75 Å². The molecule has 0 aliphatic heterocycles. The summed E-state index contributed by atoms with van der Waals surface area (Å²) in [7, 11) is 0. The molecule has 0 saturated heterocycles. The Bertz CT molecular complexity index is 699. The van der Waals surface area contributed by atoms with Crippen LogP contribution in [0.1, 0.15) is 68.4 Å². The predicted octanol–water partition coefficient (Wildman–Crippen LogP) is 4.41. The van der Waals surface area contributed by atoms with Crippen molar-refractivity contribution in [3.05, 3.63) is 33.4 Å². The molecular weight excluding hydrogens is 362 g/mol. The van der Waals surface area contributed by atoms with Gasteiger partial charge >= 0.3 is 11.9 Å². The molecule has 1 unspecified atom stereocenters. The molecule has 1 atom stereocenters. The van der Waals surface area contributed by atoms with Crippen LogP contribution in [0.2, 0.25) is 0 Å². The van der Waals surface area contributed by atoms with Gasteiger partial charge in [0.1, 0.15) is 5.75 Å². The third kappa shape index (κ3) is 4.72. The highest BCUT2D eigenvalue weighted by Crippen LogP contribution is 2.44. The van der Waals surface area contributed by atoms with Crippen LogP contribution in [-0.4, -0.2) is 23.5 Å². The number of carbonyl (C=O) groups excluding carboxylic acids is 2. The van der Waals surface area contributed by atoms with Gasteiger partial charge in [-0.1, -0.05) is 19.3 Å². The summed E-state index contributed by atoms with van der Waals surface area (Å²) in [6.07, 6.45) is 4.58. The van der Waals surface area contributed by atoms with Crippen LogP contribution in [0.3, 0.4) is 0 Å². The van der Waals surface area contributed by atoms with Gasteiger partial charge in [0.05, 0.1) is 17.1 Å². The van der Waals surface area contributed by atoms with Gasteiger partial charge in [-0.05, 0) is 37.3 Å². The second-order valence-electron chi connectivity index (χ2n) is 6.25. The fraction of sp³-hybridized carbons (Fsp3) is 0.556. The molecule has 1 aromatic rings. The number of halogens is 1. The zero-order chi connectivity index (χ0) is 19.3. The van der Waals surface area contributed by atoms with E-state index in [4.69, 9.17) is 21.1 Å². The van der Waals surface area contributed by atoms with Crippen molar-refractivity contribution >= 4 is 29.2 Å². The molecule has 2 rings (SSSR count). The molecule has 1 aliphatic rings. The van der Waals surface area contributed by atoms with Crippen molar-refractivity contribution in [1.82, 2.24) is 0 Å². The van der Waals surface area contributed by atoms with E-state index >= 15 is 0 Å². The summed E-state index contributed by atoms with van der Waals surface area (Å²) in [6.45, 7) is 3.01. The molecular formula is C18H22ClNO6. The van der Waals surface area contributed by atoms with Crippen LogP contribution in [0.4, 0.5) is 5.69 Å². The largest absolute Gasteiger partial charge is 0.465 e. The SMILES string of the molecule is CCOC(=O)C(Cl)c1cc(OC(C)=O)c(C2CCCCC2)c([N+](=O)[O-])c1. The van der Waals surface area contributed by atoms with E-state index < -0.39 is 22.2 Å². The molecule has 7 nitrogen and oxygen atoms in total. The first-order valence-electron chi connectivity index (χ1n) is 8.66. The Hall–Kier alpha value is -2.15. The van der Waals surface area contributed by atoms with E-state index in [1.807, 2.05) is 0 Å².